The standard InChI is InChI=1S/C20H16N2O3.C2H6/c1-13-6-2-3-7-14(13)17(18-21-10-11-25-18)12-22-19(23)15-8-4-5-9-16(15)20(22)24;1-2/h2-11,17H,12H2,1H3;1-2H3. The van der Waals surface area contributed by atoms with E-state index in [0.29, 0.717) is 17.0 Å². The Morgan fingerprint density at radius 2 is 1.56 bits per heavy atom. The number of aryl methyl sites for hydroxylation is 1. The summed E-state index contributed by atoms with van der Waals surface area (Å²) in [6.07, 6.45) is 3.08. The van der Waals surface area contributed by atoms with E-state index >= 15 is 0 Å². The summed E-state index contributed by atoms with van der Waals surface area (Å²) < 4.78 is 5.50. The summed E-state index contributed by atoms with van der Waals surface area (Å²) in [6.45, 7) is 6.19. The van der Waals surface area contributed by atoms with E-state index in [2.05, 4.69) is 4.98 Å². The molecule has 5 heteroatoms. The number of nitrogens with zero attached hydrogens (tertiary/aromatic N) is 2. The normalized spacial score (nSPS) is 13.8. The molecular formula is C22H22N2O3. The van der Waals surface area contributed by atoms with Crippen molar-refractivity contribution in [1.29, 1.82) is 0 Å². The highest BCUT2D eigenvalue weighted by Gasteiger charge is 2.38. The van der Waals surface area contributed by atoms with E-state index in [1.165, 1.54) is 11.2 Å². The molecule has 1 aliphatic heterocycles. The Hall–Kier alpha value is -3.21. The fourth-order valence-electron chi connectivity index (χ4n) is 3.28. The fraction of sp³-hybridized carbons (Fsp3) is 0.227. The van der Waals surface area contributed by atoms with Gasteiger partial charge in [-0.1, -0.05) is 50.2 Å². The number of amides is 2. The summed E-state index contributed by atoms with van der Waals surface area (Å²) in [5, 5.41) is 0. The first-order valence-electron chi connectivity index (χ1n) is 9.07. The van der Waals surface area contributed by atoms with Gasteiger partial charge in [0, 0.05) is 6.54 Å². The minimum atomic E-state index is -0.307. The Kier molecular flexibility index (Phi) is 5.50. The van der Waals surface area contributed by atoms with Crippen LogP contribution in [0.1, 0.15) is 57.5 Å². The van der Waals surface area contributed by atoms with Gasteiger partial charge in [0.2, 0.25) is 5.89 Å². The molecule has 1 aliphatic rings. The maximum absolute atomic E-state index is 12.7. The van der Waals surface area contributed by atoms with Gasteiger partial charge in [0.05, 0.1) is 23.2 Å². The van der Waals surface area contributed by atoms with Crippen LogP contribution in [0.2, 0.25) is 0 Å². The molecule has 0 radical (unpaired) electrons. The number of hydrogen-bond donors (Lipinski definition) is 0. The van der Waals surface area contributed by atoms with E-state index in [1.54, 1.807) is 30.5 Å². The van der Waals surface area contributed by atoms with Crippen LogP contribution in [-0.4, -0.2) is 28.2 Å². The number of carbonyl (C=O) groups excluding carboxylic acids is 2. The molecule has 0 saturated heterocycles. The first kappa shape index (κ1) is 18.6. The monoisotopic (exact) mass is 362 g/mol. The van der Waals surface area contributed by atoms with Crippen molar-refractivity contribution >= 4 is 11.8 Å². The number of hydrogen-bond acceptors (Lipinski definition) is 4. The summed E-state index contributed by atoms with van der Waals surface area (Å²) in [6, 6.07) is 14.7. The predicted octanol–water partition coefficient (Wildman–Crippen LogP) is 4.44. The lowest BCUT2D eigenvalue weighted by atomic mass is 9.94. The van der Waals surface area contributed by atoms with Gasteiger partial charge in [-0.25, -0.2) is 4.98 Å². The average Bonchev–Trinajstić information content (AvgIpc) is 3.32. The summed E-state index contributed by atoms with van der Waals surface area (Å²) in [4.78, 5) is 30.9. The molecule has 2 heterocycles. The lowest BCUT2D eigenvalue weighted by Gasteiger charge is -2.22. The van der Waals surface area contributed by atoms with Gasteiger partial charge in [-0.3, -0.25) is 14.5 Å². The van der Waals surface area contributed by atoms with E-state index in [4.69, 9.17) is 4.42 Å². The fourth-order valence-corrected chi connectivity index (χ4v) is 3.28. The van der Waals surface area contributed by atoms with E-state index in [1.807, 2.05) is 45.0 Å². The van der Waals surface area contributed by atoms with E-state index in [0.717, 1.165) is 11.1 Å². The third kappa shape index (κ3) is 3.40. The van der Waals surface area contributed by atoms with E-state index in [9.17, 15) is 9.59 Å². The lowest BCUT2D eigenvalue weighted by molar-refractivity contribution is 0.0646. The Bertz CT molecular complexity index is 913. The topological polar surface area (TPSA) is 63.4 Å². The van der Waals surface area contributed by atoms with Crippen molar-refractivity contribution < 1.29 is 14.0 Å². The second-order valence-electron chi connectivity index (χ2n) is 6.05. The molecule has 2 aromatic carbocycles. The molecule has 1 aromatic heterocycles. The summed E-state index contributed by atoms with van der Waals surface area (Å²) in [7, 11) is 0. The Balaban J connectivity index is 0.00000102. The van der Waals surface area contributed by atoms with E-state index in [-0.39, 0.29) is 24.3 Å². The van der Waals surface area contributed by atoms with Gasteiger partial charge in [0.25, 0.3) is 11.8 Å². The van der Waals surface area contributed by atoms with Crippen molar-refractivity contribution in [3.05, 3.63) is 89.1 Å². The molecule has 0 N–H and O–H groups in total. The predicted molar refractivity (Wildman–Crippen MR) is 103 cm³/mol. The van der Waals surface area contributed by atoms with Crippen molar-refractivity contribution in [2.75, 3.05) is 6.54 Å². The summed E-state index contributed by atoms with van der Waals surface area (Å²) in [5.41, 5.74) is 2.94. The molecule has 1 atom stereocenters. The van der Waals surface area contributed by atoms with Crippen LogP contribution in [0.15, 0.2) is 65.4 Å². The van der Waals surface area contributed by atoms with Crippen LogP contribution in [0.3, 0.4) is 0 Å². The number of fused-ring (bicyclic) bond motifs is 1. The van der Waals surface area contributed by atoms with Crippen LogP contribution in [-0.2, 0) is 0 Å². The van der Waals surface area contributed by atoms with Gasteiger partial charge in [0.1, 0.15) is 6.26 Å². The second kappa shape index (κ2) is 7.99. The highest BCUT2D eigenvalue weighted by molar-refractivity contribution is 6.21. The van der Waals surface area contributed by atoms with Gasteiger partial charge in [-0.05, 0) is 30.2 Å². The van der Waals surface area contributed by atoms with Crippen LogP contribution in [0.25, 0.3) is 0 Å². The first-order valence-corrected chi connectivity index (χ1v) is 9.07. The summed E-state index contributed by atoms with van der Waals surface area (Å²) >= 11 is 0. The van der Waals surface area contributed by atoms with Gasteiger partial charge < -0.3 is 4.42 Å². The minimum Gasteiger partial charge on any atom is -0.448 e. The SMILES string of the molecule is CC.Cc1ccccc1C(CN1C(=O)c2ccccc2C1=O)c1ncco1. The molecule has 2 amide bonds. The number of oxazole rings is 1. The van der Waals surface area contributed by atoms with Gasteiger partial charge in [0.15, 0.2) is 0 Å². The summed E-state index contributed by atoms with van der Waals surface area (Å²) in [5.74, 6) is -0.360. The van der Waals surface area contributed by atoms with Crippen molar-refractivity contribution in [3.8, 4) is 0 Å². The Labute approximate surface area is 158 Å². The van der Waals surface area contributed by atoms with E-state index < -0.39 is 0 Å². The van der Waals surface area contributed by atoms with Crippen molar-refractivity contribution in [1.82, 2.24) is 9.88 Å². The van der Waals surface area contributed by atoms with Crippen LogP contribution in [0, 0.1) is 6.92 Å². The van der Waals surface area contributed by atoms with Gasteiger partial charge in [-0.15, -0.1) is 0 Å². The molecule has 0 aliphatic carbocycles. The zero-order valence-corrected chi connectivity index (χ0v) is 15.7. The third-order valence-corrected chi connectivity index (χ3v) is 4.56. The van der Waals surface area contributed by atoms with Crippen LogP contribution in [0.4, 0.5) is 0 Å². The zero-order chi connectivity index (χ0) is 19.4. The Morgan fingerprint density at radius 1 is 0.963 bits per heavy atom. The maximum atomic E-state index is 12.7. The minimum absolute atomic E-state index is 0.192. The zero-order valence-electron chi connectivity index (χ0n) is 15.7. The molecule has 5 nitrogen and oxygen atoms in total. The number of imide groups is 1. The quantitative estimate of drug-likeness (QED) is 0.644. The van der Waals surface area contributed by atoms with Gasteiger partial charge >= 0.3 is 0 Å². The molecule has 0 fully saturated rings. The van der Waals surface area contributed by atoms with Crippen molar-refractivity contribution in [2.45, 2.75) is 26.7 Å². The number of benzene rings is 2. The first-order chi connectivity index (χ1) is 13.2. The highest BCUT2D eigenvalue weighted by atomic mass is 16.3. The lowest BCUT2D eigenvalue weighted by Crippen LogP contribution is -2.34. The molecule has 0 bridgehead atoms. The van der Waals surface area contributed by atoms with Crippen LogP contribution >= 0.6 is 0 Å². The molecule has 3 aromatic rings. The number of aromatic nitrogens is 1. The largest absolute Gasteiger partial charge is 0.448 e. The van der Waals surface area contributed by atoms with Crippen LogP contribution in [0.5, 0.6) is 0 Å². The molecule has 0 saturated carbocycles. The molecule has 4 rings (SSSR count). The average molecular weight is 362 g/mol. The number of carbonyl (C=O) groups is 2. The van der Waals surface area contributed by atoms with Gasteiger partial charge in [-0.2, -0.15) is 0 Å². The number of rotatable bonds is 4. The maximum Gasteiger partial charge on any atom is 0.261 e. The molecule has 138 valence electrons. The Morgan fingerprint density at radius 3 is 2.11 bits per heavy atom. The van der Waals surface area contributed by atoms with Crippen molar-refractivity contribution in [2.24, 2.45) is 0 Å². The third-order valence-electron chi connectivity index (χ3n) is 4.56. The highest BCUT2D eigenvalue weighted by Crippen LogP contribution is 2.31. The van der Waals surface area contributed by atoms with Crippen LogP contribution < -0.4 is 0 Å². The second-order valence-corrected chi connectivity index (χ2v) is 6.05. The molecular weight excluding hydrogens is 340 g/mol. The molecule has 27 heavy (non-hydrogen) atoms. The molecule has 1 unspecified atom stereocenters. The smallest absolute Gasteiger partial charge is 0.261 e. The van der Waals surface area contributed by atoms with Crippen molar-refractivity contribution in [3.63, 3.8) is 0 Å². The molecule has 0 spiro atoms.